The van der Waals surface area contributed by atoms with E-state index in [9.17, 15) is 30.3 Å². The number of nitrogens with zero attached hydrogens (tertiary/aromatic N) is 6. The summed E-state index contributed by atoms with van der Waals surface area (Å²) in [4.78, 5) is 41.5. The van der Waals surface area contributed by atoms with E-state index in [-0.39, 0.29) is 17.8 Å². The maximum atomic E-state index is 12.3. The van der Waals surface area contributed by atoms with Gasteiger partial charge in [-0.3, -0.25) is 20.2 Å². The highest BCUT2D eigenvalue weighted by atomic mass is 16.6. The molecule has 1 saturated heterocycles. The minimum atomic E-state index is -0.903. The number of methoxy groups -OCH3 is 1. The molecule has 1 aliphatic rings. The van der Waals surface area contributed by atoms with Gasteiger partial charge in [-0.15, -0.1) is 0 Å². The van der Waals surface area contributed by atoms with E-state index in [1.807, 2.05) is 4.90 Å². The third kappa shape index (κ3) is 4.35. The summed E-state index contributed by atoms with van der Waals surface area (Å²) in [7, 11) is 1.10. The van der Waals surface area contributed by atoms with Crippen molar-refractivity contribution in [3.63, 3.8) is 0 Å². The fourth-order valence-electron chi connectivity index (χ4n) is 3.54. The Hall–Kier alpha value is -4.27. The molecule has 160 valence electrons. The summed E-state index contributed by atoms with van der Waals surface area (Å²) in [5.41, 5.74) is -0.969. The number of ether oxygens (including phenoxy) is 1. The van der Waals surface area contributed by atoms with Crippen LogP contribution in [0.5, 0.6) is 0 Å². The monoisotopic (exact) mass is 426 g/mol. The summed E-state index contributed by atoms with van der Waals surface area (Å²) >= 11 is 0. The summed E-state index contributed by atoms with van der Waals surface area (Å²) in [6.07, 6.45) is 2.13. The molecule has 0 unspecified atom stereocenters. The Labute approximate surface area is 176 Å². The fraction of sp³-hybridized carbons (Fsp3) is 0.316. The van der Waals surface area contributed by atoms with Crippen LogP contribution in [0.1, 0.15) is 22.3 Å². The highest BCUT2D eigenvalue weighted by Crippen LogP contribution is 2.37. The summed E-state index contributed by atoms with van der Waals surface area (Å²) < 4.78 is 4.72. The van der Waals surface area contributed by atoms with E-state index in [2.05, 4.69) is 11.1 Å². The summed E-state index contributed by atoms with van der Waals surface area (Å²) in [6, 6.07) is 7.25. The molecular formula is C19H18N6O6. The molecule has 2 heterocycles. The van der Waals surface area contributed by atoms with Crippen LogP contribution in [0.4, 0.5) is 22.9 Å². The number of carbonyl (C=O) groups is 1. The third-order valence-corrected chi connectivity index (χ3v) is 4.91. The van der Waals surface area contributed by atoms with Crippen LogP contribution in [0.25, 0.3) is 0 Å². The van der Waals surface area contributed by atoms with Crippen molar-refractivity contribution >= 4 is 28.8 Å². The van der Waals surface area contributed by atoms with E-state index in [0.29, 0.717) is 37.4 Å². The zero-order chi connectivity index (χ0) is 22.5. The average molecular weight is 426 g/mol. The number of anilines is 2. The first-order valence-corrected chi connectivity index (χ1v) is 9.27. The van der Waals surface area contributed by atoms with Gasteiger partial charge in [0.1, 0.15) is 17.6 Å². The number of aromatic nitrogens is 1. The highest BCUT2D eigenvalue weighted by molar-refractivity contribution is 5.99. The van der Waals surface area contributed by atoms with Crippen molar-refractivity contribution in [2.24, 2.45) is 0 Å². The molecule has 0 N–H and O–H groups in total. The van der Waals surface area contributed by atoms with Crippen LogP contribution in [-0.2, 0) is 4.74 Å². The van der Waals surface area contributed by atoms with Gasteiger partial charge in [-0.1, -0.05) is 0 Å². The largest absolute Gasteiger partial charge is 0.465 e. The van der Waals surface area contributed by atoms with Gasteiger partial charge in [-0.2, -0.15) is 5.26 Å². The van der Waals surface area contributed by atoms with Gasteiger partial charge in [0.05, 0.1) is 34.1 Å². The van der Waals surface area contributed by atoms with E-state index in [1.165, 1.54) is 0 Å². The molecular weight excluding hydrogens is 408 g/mol. The molecule has 2 aromatic rings. The molecule has 0 spiro atoms. The minimum Gasteiger partial charge on any atom is -0.465 e. The first-order chi connectivity index (χ1) is 14.9. The standard InChI is InChI=1S/C19H18N6O6/c1-31-19(26)15-10-14(24(27)28)11-16(25(29)30)17(15)22-6-3-7-23(9-8-22)18-13(12-20)4-2-5-21-18/h2,4-5,10-11H,3,6-9H2,1H3. The fourth-order valence-corrected chi connectivity index (χ4v) is 3.54. The summed E-state index contributed by atoms with van der Waals surface area (Å²) in [5.74, 6) is -0.391. The second-order valence-corrected chi connectivity index (χ2v) is 6.68. The lowest BCUT2D eigenvalue weighted by atomic mass is 10.1. The first-order valence-electron chi connectivity index (χ1n) is 9.27. The van der Waals surface area contributed by atoms with E-state index < -0.39 is 27.2 Å². The molecule has 1 fully saturated rings. The van der Waals surface area contributed by atoms with Crippen LogP contribution in [-0.4, -0.2) is 54.1 Å². The van der Waals surface area contributed by atoms with Crippen molar-refractivity contribution in [2.45, 2.75) is 6.42 Å². The molecule has 0 saturated carbocycles. The number of nitro benzene ring substituents is 2. The molecule has 3 rings (SSSR count). The van der Waals surface area contributed by atoms with Gasteiger partial charge in [0.15, 0.2) is 0 Å². The maximum Gasteiger partial charge on any atom is 0.340 e. The zero-order valence-corrected chi connectivity index (χ0v) is 16.6. The van der Waals surface area contributed by atoms with Gasteiger partial charge in [-0.25, -0.2) is 9.78 Å². The van der Waals surface area contributed by atoms with Crippen LogP contribution < -0.4 is 9.80 Å². The number of non-ortho nitro benzene ring substituents is 1. The number of nitriles is 1. The number of esters is 1. The van der Waals surface area contributed by atoms with E-state index >= 15 is 0 Å². The van der Waals surface area contributed by atoms with Crippen molar-refractivity contribution in [2.75, 3.05) is 43.1 Å². The topological polar surface area (TPSA) is 156 Å². The van der Waals surface area contributed by atoms with Gasteiger partial charge in [0.25, 0.3) is 11.4 Å². The Morgan fingerprint density at radius 1 is 1.16 bits per heavy atom. The number of nitro groups is 2. The van der Waals surface area contributed by atoms with E-state index in [4.69, 9.17) is 4.74 Å². The second kappa shape index (κ2) is 9.04. The number of hydrogen-bond acceptors (Lipinski definition) is 10. The Morgan fingerprint density at radius 3 is 2.52 bits per heavy atom. The molecule has 0 atom stereocenters. The van der Waals surface area contributed by atoms with Crippen molar-refractivity contribution in [3.05, 3.63) is 61.8 Å². The number of hydrogen-bond donors (Lipinski definition) is 0. The van der Waals surface area contributed by atoms with Gasteiger partial charge in [-0.05, 0) is 18.6 Å². The Kier molecular flexibility index (Phi) is 6.25. The highest BCUT2D eigenvalue weighted by Gasteiger charge is 2.32. The van der Waals surface area contributed by atoms with Crippen LogP contribution >= 0.6 is 0 Å². The van der Waals surface area contributed by atoms with Crippen LogP contribution in [0.15, 0.2) is 30.5 Å². The molecule has 12 nitrogen and oxygen atoms in total. The van der Waals surface area contributed by atoms with Crippen LogP contribution in [0.3, 0.4) is 0 Å². The quantitative estimate of drug-likeness (QED) is 0.395. The molecule has 0 radical (unpaired) electrons. The van der Waals surface area contributed by atoms with Crippen molar-refractivity contribution in [1.29, 1.82) is 5.26 Å². The number of benzene rings is 1. The zero-order valence-electron chi connectivity index (χ0n) is 16.6. The number of carbonyl (C=O) groups excluding carboxylic acids is 1. The van der Waals surface area contributed by atoms with E-state index in [0.717, 1.165) is 19.2 Å². The molecule has 0 aliphatic carbocycles. The average Bonchev–Trinajstić information content (AvgIpc) is 3.03. The molecule has 0 amide bonds. The lowest BCUT2D eigenvalue weighted by Gasteiger charge is -2.25. The van der Waals surface area contributed by atoms with Gasteiger partial charge in [0.2, 0.25) is 0 Å². The predicted octanol–water partition coefficient (Wildman–Crippen LogP) is 2.27. The number of pyridine rings is 1. The summed E-state index contributed by atoms with van der Waals surface area (Å²) in [5, 5.41) is 32.3. The van der Waals surface area contributed by atoms with E-state index in [1.54, 1.807) is 23.2 Å². The Morgan fingerprint density at radius 2 is 1.87 bits per heavy atom. The smallest absolute Gasteiger partial charge is 0.340 e. The maximum absolute atomic E-state index is 12.3. The Balaban J connectivity index is 2.02. The van der Waals surface area contributed by atoms with Gasteiger partial charge >= 0.3 is 5.97 Å². The van der Waals surface area contributed by atoms with Crippen molar-refractivity contribution in [3.8, 4) is 6.07 Å². The lowest BCUT2D eigenvalue weighted by Crippen LogP contribution is -2.32. The van der Waals surface area contributed by atoms with Gasteiger partial charge in [0, 0.05) is 38.4 Å². The van der Waals surface area contributed by atoms with Crippen LogP contribution in [0.2, 0.25) is 0 Å². The minimum absolute atomic E-state index is 0.0224. The molecule has 1 aliphatic heterocycles. The van der Waals surface area contributed by atoms with Crippen molar-refractivity contribution in [1.82, 2.24) is 4.98 Å². The van der Waals surface area contributed by atoms with Gasteiger partial charge < -0.3 is 14.5 Å². The molecule has 31 heavy (non-hydrogen) atoms. The normalized spacial score (nSPS) is 13.8. The van der Waals surface area contributed by atoms with Crippen molar-refractivity contribution < 1.29 is 19.4 Å². The Bertz CT molecular complexity index is 1080. The predicted molar refractivity (Wildman–Crippen MR) is 109 cm³/mol. The van der Waals surface area contributed by atoms with Crippen LogP contribution in [0, 0.1) is 31.6 Å². The molecule has 1 aromatic heterocycles. The summed E-state index contributed by atoms with van der Waals surface area (Å²) in [6.45, 7) is 1.54. The lowest BCUT2D eigenvalue weighted by molar-refractivity contribution is -0.393. The number of rotatable bonds is 5. The third-order valence-electron chi connectivity index (χ3n) is 4.91. The molecule has 1 aromatic carbocycles. The first kappa shape index (κ1) is 21.4. The molecule has 12 heteroatoms. The second-order valence-electron chi connectivity index (χ2n) is 6.68. The molecule has 0 bridgehead atoms. The SMILES string of the molecule is COC(=O)c1cc([N+](=O)[O-])cc([N+](=O)[O-])c1N1CCCN(c2ncccc2C#N)CC1.